The van der Waals surface area contributed by atoms with E-state index < -0.39 is 6.98 Å². The quantitative estimate of drug-likeness (QED) is 0.165. The van der Waals surface area contributed by atoms with Crippen LogP contribution in [0.4, 0.5) is 17.1 Å². The summed E-state index contributed by atoms with van der Waals surface area (Å²) in [4.78, 5) is 10.9. The third-order valence-corrected chi connectivity index (χ3v) is 9.91. The highest BCUT2D eigenvalue weighted by molar-refractivity contribution is 6.09. The van der Waals surface area contributed by atoms with Crippen molar-refractivity contribution < 1.29 is 13.8 Å². The maximum atomic E-state index is 8.01. The Morgan fingerprint density at radius 3 is 1.98 bits per heavy atom. The average molecular weight is 702 g/mol. The van der Waals surface area contributed by atoms with Crippen molar-refractivity contribution in [1.29, 1.82) is 0 Å². The molecule has 10 rings (SSSR count). The standard InChI is InChI=1S/C48H34N4O2/c1-50-44-24-10-11-25-45(44)52(54-50)36-18-12-19-37(31-36)53-38-26-27-42-41-20-8-9-23-43(41)51(46(42)32-38)47-30-35(28-29-49-47)48-39(33-14-4-2-5-15-33)21-13-22-40(48)34-16-6-3-7-17-34/h2-32H,1H3/i1D3. The fraction of sp³-hybridized carbons (Fsp3) is 0.0208. The summed E-state index contributed by atoms with van der Waals surface area (Å²) in [6.07, 6.45) is 1.89. The number of hydrogen-bond acceptors (Lipinski definition) is 5. The minimum atomic E-state index is -2.49. The van der Waals surface area contributed by atoms with Crippen molar-refractivity contribution in [3.8, 4) is 50.7 Å². The highest BCUT2D eigenvalue weighted by atomic mass is 16.8. The van der Waals surface area contributed by atoms with E-state index in [1.54, 1.807) is 12.1 Å². The van der Waals surface area contributed by atoms with Gasteiger partial charge in [0.15, 0.2) is 0 Å². The van der Waals surface area contributed by atoms with Crippen LogP contribution in [0.1, 0.15) is 4.11 Å². The van der Waals surface area contributed by atoms with Crippen LogP contribution in [0.15, 0.2) is 188 Å². The van der Waals surface area contributed by atoms with Crippen molar-refractivity contribution >= 4 is 38.9 Å². The van der Waals surface area contributed by atoms with Gasteiger partial charge in [-0.05, 0) is 88.0 Å². The number of benzene rings is 7. The Morgan fingerprint density at radius 1 is 0.537 bits per heavy atom. The molecule has 1 aliphatic rings. The fourth-order valence-electron chi connectivity index (χ4n) is 7.51. The number of nitrogens with zero attached hydrogens (tertiary/aromatic N) is 4. The molecule has 0 radical (unpaired) electrons. The molecule has 0 amide bonds. The topological polar surface area (TPSA) is 42.8 Å². The van der Waals surface area contributed by atoms with Crippen LogP contribution in [0, 0.1) is 0 Å². The molecule has 0 spiro atoms. The predicted octanol–water partition coefficient (Wildman–Crippen LogP) is 12.4. The van der Waals surface area contributed by atoms with Gasteiger partial charge in [-0.25, -0.2) is 10.0 Å². The zero-order valence-corrected chi connectivity index (χ0v) is 29.0. The Bertz CT molecular complexity index is 2870. The lowest BCUT2D eigenvalue weighted by molar-refractivity contribution is 0.142. The van der Waals surface area contributed by atoms with Crippen LogP contribution in [-0.4, -0.2) is 16.5 Å². The first-order valence-corrected chi connectivity index (χ1v) is 17.8. The molecule has 0 bridgehead atoms. The van der Waals surface area contributed by atoms with E-state index in [0.29, 0.717) is 28.6 Å². The first-order valence-electron chi connectivity index (χ1n) is 19.3. The second kappa shape index (κ2) is 13.1. The number of fused-ring (bicyclic) bond motifs is 4. The summed E-state index contributed by atoms with van der Waals surface area (Å²) in [5, 5.41) is 4.63. The summed E-state index contributed by atoms with van der Waals surface area (Å²) in [6, 6.07) is 60.9. The largest absolute Gasteiger partial charge is 0.457 e. The molecule has 1 aliphatic heterocycles. The Labute approximate surface area is 317 Å². The van der Waals surface area contributed by atoms with Crippen LogP contribution in [-0.2, 0) is 4.94 Å². The second-order valence-electron chi connectivity index (χ2n) is 13.2. The number of anilines is 3. The minimum absolute atomic E-state index is 0.458. The summed E-state index contributed by atoms with van der Waals surface area (Å²) < 4.78 is 32.8. The molecule has 0 unspecified atom stereocenters. The van der Waals surface area contributed by atoms with Crippen molar-refractivity contribution in [2.75, 3.05) is 17.1 Å². The maximum absolute atomic E-state index is 8.01. The van der Waals surface area contributed by atoms with E-state index in [2.05, 4.69) is 114 Å². The lowest BCUT2D eigenvalue weighted by Crippen LogP contribution is -2.20. The zero-order chi connectivity index (χ0) is 38.5. The summed E-state index contributed by atoms with van der Waals surface area (Å²) in [5.74, 6) is 1.98. The van der Waals surface area contributed by atoms with Crippen molar-refractivity contribution in [3.05, 3.63) is 188 Å². The van der Waals surface area contributed by atoms with Gasteiger partial charge in [-0.1, -0.05) is 115 Å². The number of rotatable bonds is 7. The normalized spacial score (nSPS) is 13.4. The second-order valence-corrected chi connectivity index (χ2v) is 13.2. The smallest absolute Gasteiger partial charge is 0.138 e. The van der Waals surface area contributed by atoms with E-state index in [1.165, 1.54) is 5.06 Å². The third kappa shape index (κ3) is 5.44. The van der Waals surface area contributed by atoms with Gasteiger partial charge in [0.05, 0.1) is 28.1 Å². The number of hydroxylamine groups is 1. The molecule has 7 aromatic carbocycles. The summed E-state index contributed by atoms with van der Waals surface area (Å²) in [5.41, 5.74) is 10.4. The molecule has 0 N–H and O–H groups in total. The van der Waals surface area contributed by atoms with Crippen LogP contribution >= 0.6 is 0 Å². The van der Waals surface area contributed by atoms with Gasteiger partial charge in [-0.2, -0.15) is 5.06 Å². The van der Waals surface area contributed by atoms with Crippen LogP contribution in [0.5, 0.6) is 11.5 Å². The average Bonchev–Trinajstić information content (AvgIpc) is 3.81. The highest BCUT2D eigenvalue weighted by Gasteiger charge is 2.26. The molecular weight excluding hydrogens is 665 g/mol. The molecule has 0 saturated carbocycles. The Kier molecular flexibility index (Phi) is 6.91. The molecule has 6 heteroatoms. The van der Waals surface area contributed by atoms with Crippen molar-refractivity contribution in [2.24, 2.45) is 0 Å². The molecule has 258 valence electrons. The van der Waals surface area contributed by atoms with Crippen molar-refractivity contribution in [2.45, 2.75) is 0 Å². The van der Waals surface area contributed by atoms with Gasteiger partial charge >= 0.3 is 0 Å². The first-order chi connectivity index (χ1) is 27.9. The van der Waals surface area contributed by atoms with Crippen molar-refractivity contribution in [3.63, 3.8) is 0 Å². The summed E-state index contributed by atoms with van der Waals surface area (Å²) in [6.45, 7) is -2.49. The van der Waals surface area contributed by atoms with E-state index in [-0.39, 0.29) is 0 Å². The first kappa shape index (κ1) is 28.4. The van der Waals surface area contributed by atoms with Crippen LogP contribution in [0.2, 0.25) is 0 Å². The fourth-order valence-corrected chi connectivity index (χ4v) is 7.51. The Hall–Kier alpha value is -7.15. The molecule has 3 heterocycles. The van der Waals surface area contributed by atoms with Gasteiger partial charge in [0, 0.05) is 40.2 Å². The monoisotopic (exact) mass is 701 g/mol. The van der Waals surface area contributed by atoms with E-state index in [0.717, 1.165) is 66.1 Å². The molecule has 0 saturated heterocycles. The van der Waals surface area contributed by atoms with E-state index in [1.807, 2.05) is 66.9 Å². The van der Waals surface area contributed by atoms with Crippen LogP contribution in [0.3, 0.4) is 0 Å². The molecule has 6 nitrogen and oxygen atoms in total. The van der Waals surface area contributed by atoms with Crippen LogP contribution < -0.4 is 14.9 Å². The number of pyridine rings is 1. The summed E-state index contributed by atoms with van der Waals surface area (Å²) >= 11 is 0. The molecule has 54 heavy (non-hydrogen) atoms. The van der Waals surface area contributed by atoms with Gasteiger partial charge < -0.3 is 4.74 Å². The van der Waals surface area contributed by atoms with Crippen molar-refractivity contribution in [1.82, 2.24) is 9.55 Å². The Morgan fingerprint density at radius 2 is 1.20 bits per heavy atom. The SMILES string of the molecule is [2H]C([2H])([2H])N1ON(c2cccc(Oc3ccc4c5ccccc5n(-c5cc(-c6c(-c7ccccc7)cccc6-c6ccccc6)ccn5)c4c3)c2)c2ccccc21. The third-order valence-electron chi connectivity index (χ3n) is 9.91. The number of aromatic nitrogens is 2. The van der Waals surface area contributed by atoms with Gasteiger partial charge in [0.2, 0.25) is 0 Å². The van der Waals surface area contributed by atoms with Gasteiger partial charge in [-0.3, -0.25) is 4.57 Å². The molecular formula is C48H34N4O2. The van der Waals surface area contributed by atoms with E-state index in [9.17, 15) is 0 Å². The maximum Gasteiger partial charge on any atom is 0.138 e. The van der Waals surface area contributed by atoms with E-state index >= 15 is 0 Å². The molecule has 0 atom stereocenters. The molecule has 2 aromatic heterocycles. The predicted molar refractivity (Wildman–Crippen MR) is 219 cm³/mol. The number of hydrogen-bond donors (Lipinski definition) is 0. The lowest BCUT2D eigenvalue weighted by Gasteiger charge is -2.18. The molecule has 0 aliphatic carbocycles. The lowest BCUT2D eigenvalue weighted by atomic mass is 9.88. The molecule has 9 aromatic rings. The van der Waals surface area contributed by atoms with Gasteiger partial charge in [0.25, 0.3) is 0 Å². The van der Waals surface area contributed by atoms with Gasteiger partial charge in [0.1, 0.15) is 17.3 Å². The highest BCUT2D eigenvalue weighted by Crippen LogP contribution is 2.43. The van der Waals surface area contributed by atoms with E-state index in [4.69, 9.17) is 18.8 Å². The van der Waals surface area contributed by atoms with Crippen LogP contribution in [0.25, 0.3) is 61.0 Å². The minimum Gasteiger partial charge on any atom is -0.457 e. The Balaban J connectivity index is 1.07. The zero-order valence-electron chi connectivity index (χ0n) is 32.0. The molecule has 0 fully saturated rings. The number of para-hydroxylation sites is 3. The summed E-state index contributed by atoms with van der Waals surface area (Å²) in [7, 11) is 0. The van der Waals surface area contributed by atoms with Gasteiger partial charge in [-0.15, -0.1) is 4.94 Å². The number of ether oxygens (including phenoxy) is 1.